The molecule has 2 fully saturated rings. The second-order valence-electron chi connectivity index (χ2n) is 10.3. The van der Waals surface area contributed by atoms with Crippen LogP contribution < -0.4 is 15.5 Å². The van der Waals surface area contributed by atoms with Crippen LogP contribution >= 0.6 is 0 Å². The first-order valence-corrected chi connectivity index (χ1v) is 13.4. The van der Waals surface area contributed by atoms with Crippen molar-refractivity contribution < 1.29 is 28.3 Å². The standard InChI is InChI=1S/C30H32FN5O5/c1-19(29(32)38)27-17-36(30(39)41-27)23-9-10-24(25(31)14-23)22-8-11-28(33-15-22)35-13-12-34(16-26(35)20(2)37)40-18-21-6-4-3-5-7-21/h3-11,14-15,19,26-27H,12-13,16-18H2,1-2H3,(H2,32,38). The molecule has 0 saturated carbocycles. The lowest BCUT2D eigenvalue weighted by atomic mass is 10.0. The molecule has 3 atom stereocenters. The molecule has 2 aromatic carbocycles. The van der Waals surface area contributed by atoms with E-state index in [4.69, 9.17) is 15.3 Å². The molecule has 214 valence electrons. The maximum atomic E-state index is 15.2. The number of ether oxygens (including phenoxy) is 1. The van der Waals surface area contributed by atoms with Crippen LogP contribution in [0, 0.1) is 11.7 Å². The van der Waals surface area contributed by atoms with Crippen LogP contribution in [0.15, 0.2) is 66.9 Å². The number of carbonyl (C=O) groups is 3. The van der Waals surface area contributed by atoms with Crippen LogP contribution in [0.25, 0.3) is 11.1 Å². The van der Waals surface area contributed by atoms with Gasteiger partial charge in [0.1, 0.15) is 23.8 Å². The average molecular weight is 562 g/mol. The second kappa shape index (κ2) is 12.0. The van der Waals surface area contributed by atoms with Crippen molar-refractivity contribution in [3.05, 3.63) is 78.2 Å². The van der Waals surface area contributed by atoms with E-state index >= 15 is 4.39 Å². The number of pyridine rings is 1. The predicted octanol–water partition coefficient (Wildman–Crippen LogP) is 3.55. The fraction of sp³-hybridized carbons (Fsp3) is 0.333. The number of aromatic nitrogens is 1. The van der Waals surface area contributed by atoms with Crippen LogP contribution in [0.3, 0.4) is 0 Å². The summed E-state index contributed by atoms with van der Waals surface area (Å²) in [6.07, 6.45) is 0.208. The predicted molar refractivity (Wildman–Crippen MR) is 150 cm³/mol. The van der Waals surface area contributed by atoms with Gasteiger partial charge in [-0.05, 0) is 49.7 Å². The number of cyclic esters (lactones) is 1. The lowest BCUT2D eigenvalue weighted by Gasteiger charge is -2.40. The molecule has 0 radical (unpaired) electrons. The van der Waals surface area contributed by atoms with E-state index in [2.05, 4.69) is 4.98 Å². The van der Waals surface area contributed by atoms with Crippen molar-refractivity contribution in [1.29, 1.82) is 0 Å². The van der Waals surface area contributed by atoms with E-state index in [1.807, 2.05) is 40.3 Å². The molecule has 3 aromatic rings. The SMILES string of the molecule is CC(=O)C1CN(OCc2ccccc2)CCN1c1ccc(-c2ccc(N3CC(C(C)C(N)=O)OC3=O)cc2F)cn1. The first-order chi connectivity index (χ1) is 19.7. The number of halogens is 1. The third-order valence-corrected chi connectivity index (χ3v) is 7.53. The minimum absolute atomic E-state index is 0.00146. The van der Waals surface area contributed by atoms with Gasteiger partial charge in [-0.3, -0.25) is 19.3 Å². The van der Waals surface area contributed by atoms with E-state index in [9.17, 15) is 14.4 Å². The molecule has 2 N–H and O–H groups in total. The molecule has 3 heterocycles. The van der Waals surface area contributed by atoms with E-state index in [1.54, 1.807) is 44.3 Å². The van der Waals surface area contributed by atoms with Gasteiger partial charge in [-0.2, -0.15) is 5.06 Å². The molecule has 2 aliphatic heterocycles. The van der Waals surface area contributed by atoms with Crippen LogP contribution in [0.4, 0.5) is 20.7 Å². The number of carbonyl (C=O) groups excluding carboxylic acids is 3. The summed E-state index contributed by atoms with van der Waals surface area (Å²) in [5.41, 5.74) is 7.55. The quantitative estimate of drug-likeness (QED) is 0.422. The number of anilines is 2. The van der Waals surface area contributed by atoms with Gasteiger partial charge in [-0.25, -0.2) is 14.2 Å². The van der Waals surface area contributed by atoms with Gasteiger partial charge >= 0.3 is 6.09 Å². The zero-order valence-corrected chi connectivity index (χ0v) is 22.9. The van der Waals surface area contributed by atoms with Crippen molar-refractivity contribution in [2.24, 2.45) is 11.7 Å². The van der Waals surface area contributed by atoms with Crippen molar-refractivity contribution in [3.63, 3.8) is 0 Å². The van der Waals surface area contributed by atoms with E-state index in [1.165, 1.54) is 11.0 Å². The van der Waals surface area contributed by atoms with Gasteiger partial charge < -0.3 is 15.4 Å². The molecule has 2 aliphatic rings. The normalized spacial score (nSPS) is 20.1. The molecule has 0 bridgehead atoms. The fourth-order valence-corrected chi connectivity index (χ4v) is 5.00. The number of hydrogen-bond acceptors (Lipinski definition) is 8. The number of hydrogen-bond donors (Lipinski definition) is 1. The van der Waals surface area contributed by atoms with Crippen LogP contribution in [0.2, 0.25) is 0 Å². The Hall–Kier alpha value is -4.35. The van der Waals surface area contributed by atoms with Crippen molar-refractivity contribution in [2.75, 3.05) is 36.0 Å². The Labute approximate surface area is 237 Å². The zero-order valence-electron chi connectivity index (χ0n) is 22.9. The molecule has 0 aliphatic carbocycles. The highest BCUT2D eigenvalue weighted by molar-refractivity contribution is 5.91. The number of amides is 2. The summed E-state index contributed by atoms with van der Waals surface area (Å²) in [4.78, 5) is 50.1. The summed E-state index contributed by atoms with van der Waals surface area (Å²) < 4.78 is 20.5. The molecule has 11 heteroatoms. The summed E-state index contributed by atoms with van der Waals surface area (Å²) in [6.45, 7) is 5.19. The van der Waals surface area contributed by atoms with E-state index in [0.29, 0.717) is 48.9 Å². The minimum Gasteiger partial charge on any atom is -0.443 e. The Morgan fingerprint density at radius 2 is 1.90 bits per heavy atom. The molecule has 0 spiro atoms. The first-order valence-electron chi connectivity index (χ1n) is 13.4. The lowest BCUT2D eigenvalue weighted by Crippen LogP contribution is -2.56. The second-order valence-corrected chi connectivity index (χ2v) is 10.3. The molecule has 5 rings (SSSR count). The Bertz CT molecular complexity index is 1420. The van der Waals surface area contributed by atoms with Crippen LogP contribution in [-0.4, -0.2) is 66.2 Å². The van der Waals surface area contributed by atoms with Gasteiger partial charge in [-0.1, -0.05) is 30.3 Å². The van der Waals surface area contributed by atoms with Crippen molar-refractivity contribution in [1.82, 2.24) is 10.0 Å². The van der Waals surface area contributed by atoms with Gasteiger partial charge in [0, 0.05) is 30.4 Å². The maximum absolute atomic E-state index is 15.2. The van der Waals surface area contributed by atoms with Gasteiger partial charge in [0.05, 0.1) is 31.3 Å². The van der Waals surface area contributed by atoms with Crippen molar-refractivity contribution in [2.45, 2.75) is 32.6 Å². The Kier molecular flexibility index (Phi) is 8.27. The lowest BCUT2D eigenvalue weighted by molar-refractivity contribution is -0.179. The van der Waals surface area contributed by atoms with Gasteiger partial charge in [0.2, 0.25) is 5.91 Å². The summed E-state index contributed by atoms with van der Waals surface area (Å²) >= 11 is 0. The summed E-state index contributed by atoms with van der Waals surface area (Å²) in [5, 5.41) is 1.81. The van der Waals surface area contributed by atoms with E-state index in [0.717, 1.165) is 5.56 Å². The molecular weight excluding hydrogens is 529 g/mol. The maximum Gasteiger partial charge on any atom is 0.414 e. The highest BCUT2D eigenvalue weighted by atomic mass is 19.1. The van der Waals surface area contributed by atoms with Crippen molar-refractivity contribution in [3.8, 4) is 11.1 Å². The molecular formula is C30H32FN5O5. The third kappa shape index (κ3) is 6.21. The first kappa shape index (κ1) is 28.2. The number of Topliss-reactive ketones (excluding diaryl/α,β-unsaturated/α-hetero) is 1. The number of primary amides is 1. The van der Waals surface area contributed by atoms with E-state index in [-0.39, 0.29) is 12.3 Å². The largest absolute Gasteiger partial charge is 0.443 e. The highest BCUT2D eigenvalue weighted by Gasteiger charge is 2.38. The van der Waals surface area contributed by atoms with Gasteiger partial charge in [0.25, 0.3) is 0 Å². The summed E-state index contributed by atoms with van der Waals surface area (Å²) in [7, 11) is 0. The molecule has 2 saturated heterocycles. The number of nitrogens with two attached hydrogens (primary N) is 1. The highest BCUT2D eigenvalue weighted by Crippen LogP contribution is 2.31. The number of nitrogens with zero attached hydrogens (tertiary/aromatic N) is 4. The zero-order chi connectivity index (χ0) is 29.1. The Balaban J connectivity index is 1.25. The number of piperazine rings is 1. The smallest absolute Gasteiger partial charge is 0.414 e. The molecule has 10 nitrogen and oxygen atoms in total. The van der Waals surface area contributed by atoms with E-state index < -0.39 is 35.9 Å². The topological polar surface area (TPSA) is 118 Å². The Morgan fingerprint density at radius 3 is 2.56 bits per heavy atom. The Morgan fingerprint density at radius 1 is 1.12 bits per heavy atom. The number of benzene rings is 2. The molecule has 1 aromatic heterocycles. The average Bonchev–Trinajstić information content (AvgIpc) is 3.37. The third-order valence-electron chi connectivity index (χ3n) is 7.53. The van der Waals surface area contributed by atoms with Gasteiger partial charge in [0.15, 0.2) is 5.78 Å². The number of hydroxylamine groups is 2. The summed E-state index contributed by atoms with van der Waals surface area (Å²) in [6, 6.07) is 17.4. The molecule has 3 unspecified atom stereocenters. The molecule has 2 amide bonds. The minimum atomic E-state index is -0.699. The van der Waals surface area contributed by atoms with Crippen LogP contribution in [0.5, 0.6) is 0 Å². The van der Waals surface area contributed by atoms with Crippen LogP contribution in [-0.2, 0) is 25.8 Å². The number of rotatable bonds is 9. The van der Waals surface area contributed by atoms with Gasteiger partial charge in [-0.15, -0.1) is 0 Å². The van der Waals surface area contributed by atoms with Crippen molar-refractivity contribution >= 4 is 29.3 Å². The summed E-state index contributed by atoms with van der Waals surface area (Å²) in [5.74, 6) is -1.16. The fourth-order valence-electron chi connectivity index (χ4n) is 5.00. The molecule has 41 heavy (non-hydrogen) atoms. The number of ketones is 1. The van der Waals surface area contributed by atoms with Crippen LogP contribution in [0.1, 0.15) is 19.4 Å². The monoisotopic (exact) mass is 561 g/mol.